The Bertz CT molecular complexity index is 1310. The van der Waals surface area contributed by atoms with Gasteiger partial charge in [0, 0.05) is 67.3 Å². The summed E-state index contributed by atoms with van der Waals surface area (Å²) in [5.41, 5.74) is 1.51. The summed E-state index contributed by atoms with van der Waals surface area (Å²) in [6.07, 6.45) is 4.98. The molecule has 0 unspecified atom stereocenters. The summed E-state index contributed by atoms with van der Waals surface area (Å²) in [6.45, 7) is 17.8. The van der Waals surface area contributed by atoms with Crippen LogP contribution >= 0.6 is 11.8 Å². The number of hydrogen-bond acceptors (Lipinski definition) is 7. The summed E-state index contributed by atoms with van der Waals surface area (Å²) in [4.78, 5) is 32.0. The van der Waals surface area contributed by atoms with E-state index < -0.39 is 0 Å². The van der Waals surface area contributed by atoms with Gasteiger partial charge >= 0.3 is 0 Å². The van der Waals surface area contributed by atoms with Crippen LogP contribution in [0.3, 0.4) is 0 Å². The number of piperazine rings is 1. The second kappa shape index (κ2) is 11.5. The molecule has 4 rings (SSSR count). The number of amides is 1. The van der Waals surface area contributed by atoms with Gasteiger partial charge in [-0.2, -0.15) is 0 Å². The number of pyridine rings is 2. The molecule has 1 aromatic carbocycles. The molecular weight excluding hydrogens is 468 g/mol. The third-order valence-electron chi connectivity index (χ3n) is 6.07. The highest BCUT2D eigenvalue weighted by molar-refractivity contribution is 8.17. The van der Waals surface area contributed by atoms with Crippen molar-refractivity contribution in [1.29, 1.82) is 0 Å². The predicted octanol–water partition coefficient (Wildman–Crippen LogP) is 5.57. The van der Waals surface area contributed by atoms with E-state index in [0.717, 1.165) is 58.3 Å². The normalized spacial score (nSPS) is 14.8. The number of carbonyl (C=O) groups excluding carboxylic acids is 1. The second-order valence-electron chi connectivity index (χ2n) is 9.03. The standard InChI is InChI=1S/C28H32N6OS/c1-6-29-28(36-20(4)5)22-7-8-23-18-31-25(16-24(23)15-22)32-27(35)21-9-10-30-26(17-21)34-13-11-33(12-14-34)19(2)3/h6-10,15-19H,1,4,11-14H2,2-3,5H3,(H,31,32,35). The summed E-state index contributed by atoms with van der Waals surface area (Å²) >= 11 is 1.50. The fourth-order valence-electron chi connectivity index (χ4n) is 4.14. The van der Waals surface area contributed by atoms with Gasteiger partial charge in [-0.15, -0.1) is 0 Å². The Kier molecular flexibility index (Phi) is 8.18. The molecule has 1 N–H and O–H groups in total. The highest BCUT2D eigenvalue weighted by atomic mass is 32.2. The zero-order valence-corrected chi connectivity index (χ0v) is 21.9. The number of benzene rings is 1. The van der Waals surface area contributed by atoms with E-state index >= 15 is 0 Å². The molecule has 0 aliphatic carbocycles. The van der Waals surface area contributed by atoms with Gasteiger partial charge in [0.1, 0.15) is 16.7 Å². The minimum Gasteiger partial charge on any atom is -0.354 e. The molecule has 1 saturated heterocycles. The Morgan fingerprint density at radius 1 is 1.08 bits per heavy atom. The van der Waals surface area contributed by atoms with Crippen LogP contribution in [0.1, 0.15) is 36.7 Å². The number of thioether (sulfide) groups is 1. The number of nitrogens with zero attached hydrogens (tertiary/aromatic N) is 5. The van der Waals surface area contributed by atoms with Gasteiger partial charge < -0.3 is 10.2 Å². The molecule has 1 amide bonds. The van der Waals surface area contributed by atoms with Crippen LogP contribution in [0, 0.1) is 0 Å². The van der Waals surface area contributed by atoms with E-state index in [1.54, 1.807) is 18.5 Å². The second-order valence-corrected chi connectivity index (χ2v) is 10.3. The average Bonchev–Trinajstić information content (AvgIpc) is 2.88. The number of carbonyl (C=O) groups is 1. The number of aromatic nitrogens is 2. The molecule has 0 atom stereocenters. The predicted molar refractivity (Wildman–Crippen MR) is 152 cm³/mol. The molecule has 1 fully saturated rings. The zero-order chi connectivity index (χ0) is 25.7. The lowest BCUT2D eigenvalue weighted by Crippen LogP contribution is -2.49. The maximum atomic E-state index is 13.1. The Labute approximate surface area is 217 Å². The largest absolute Gasteiger partial charge is 0.354 e. The van der Waals surface area contributed by atoms with Crippen LogP contribution in [0.2, 0.25) is 0 Å². The van der Waals surface area contributed by atoms with E-state index in [1.165, 1.54) is 18.0 Å². The van der Waals surface area contributed by atoms with Crippen molar-refractivity contribution in [3.8, 4) is 0 Å². The van der Waals surface area contributed by atoms with Crippen molar-refractivity contribution in [3.05, 3.63) is 84.2 Å². The molecule has 0 bridgehead atoms. The van der Waals surface area contributed by atoms with E-state index in [-0.39, 0.29) is 5.91 Å². The third-order valence-corrected chi connectivity index (χ3v) is 6.95. The van der Waals surface area contributed by atoms with Gasteiger partial charge in [0.25, 0.3) is 5.91 Å². The number of rotatable bonds is 7. The number of anilines is 2. The zero-order valence-electron chi connectivity index (χ0n) is 21.1. The number of fused-ring (bicyclic) bond motifs is 1. The van der Waals surface area contributed by atoms with Gasteiger partial charge in [-0.3, -0.25) is 9.69 Å². The van der Waals surface area contributed by atoms with Gasteiger partial charge in [-0.05, 0) is 55.3 Å². The van der Waals surface area contributed by atoms with Crippen molar-refractivity contribution >= 4 is 45.1 Å². The molecule has 0 saturated carbocycles. The molecular formula is C28H32N6OS. The van der Waals surface area contributed by atoms with Gasteiger partial charge in [0.15, 0.2) is 0 Å². The van der Waals surface area contributed by atoms with Gasteiger partial charge in [-0.1, -0.05) is 37.1 Å². The van der Waals surface area contributed by atoms with Crippen LogP contribution in [0.15, 0.2) is 78.0 Å². The van der Waals surface area contributed by atoms with Crippen molar-refractivity contribution in [2.45, 2.75) is 26.8 Å². The Hall–Kier alpha value is -3.49. The minimum atomic E-state index is -0.214. The first-order valence-corrected chi connectivity index (χ1v) is 12.8. The summed E-state index contributed by atoms with van der Waals surface area (Å²) < 4.78 is 0. The SMILES string of the molecule is C=CN=C(SC(=C)C)c1ccc2cnc(NC(=O)c3ccnc(N4CCN(C(C)C)CC4)c3)cc2c1. The number of aliphatic imine (C=N–C) groups is 1. The molecule has 1 aliphatic rings. The quantitative estimate of drug-likeness (QED) is 0.338. The highest BCUT2D eigenvalue weighted by Crippen LogP contribution is 2.25. The third kappa shape index (κ3) is 6.19. The maximum Gasteiger partial charge on any atom is 0.257 e. The molecule has 7 nitrogen and oxygen atoms in total. The first kappa shape index (κ1) is 25.6. The molecule has 186 valence electrons. The van der Waals surface area contributed by atoms with E-state index in [4.69, 9.17) is 0 Å². The fourth-order valence-corrected chi connectivity index (χ4v) is 4.84. The van der Waals surface area contributed by atoms with E-state index in [0.29, 0.717) is 17.4 Å². The lowest BCUT2D eigenvalue weighted by molar-refractivity contribution is 0.102. The van der Waals surface area contributed by atoms with Crippen molar-refractivity contribution in [2.75, 3.05) is 36.4 Å². The molecule has 0 radical (unpaired) electrons. The first-order chi connectivity index (χ1) is 17.3. The van der Waals surface area contributed by atoms with Gasteiger partial charge in [0.2, 0.25) is 0 Å². The van der Waals surface area contributed by atoms with Crippen LogP contribution in [-0.4, -0.2) is 58.0 Å². The van der Waals surface area contributed by atoms with Gasteiger partial charge in [-0.25, -0.2) is 15.0 Å². The molecule has 36 heavy (non-hydrogen) atoms. The molecule has 0 spiro atoms. The Morgan fingerprint density at radius 3 is 2.56 bits per heavy atom. The highest BCUT2D eigenvalue weighted by Gasteiger charge is 2.20. The Balaban J connectivity index is 1.51. The molecule has 8 heteroatoms. The summed E-state index contributed by atoms with van der Waals surface area (Å²) in [5, 5.41) is 5.69. The summed E-state index contributed by atoms with van der Waals surface area (Å²) in [6, 6.07) is 12.0. The average molecular weight is 501 g/mol. The van der Waals surface area contributed by atoms with Crippen LogP contribution < -0.4 is 10.2 Å². The van der Waals surface area contributed by atoms with Crippen molar-refractivity contribution in [1.82, 2.24) is 14.9 Å². The van der Waals surface area contributed by atoms with Crippen molar-refractivity contribution < 1.29 is 4.79 Å². The van der Waals surface area contributed by atoms with E-state index in [1.807, 2.05) is 37.3 Å². The summed E-state index contributed by atoms with van der Waals surface area (Å²) in [5.74, 6) is 1.10. The first-order valence-electron chi connectivity index (χ1n) is 12.0. The van der Waals surface area contributed by atoms with Crippen molar-refractivity contribution in [3.63, 3.8) is 0 Å². The number of allylic oxidation sites excluding steroid dienone is 1. The number of nitrogens with one attached hydrogen (secondary N) is 1. The van der Waals surface area contributed by atoms with Crippen LogP contribution in [0.5, 0.6) is 0 Å². The van der Waals surface area contributed by atoms with Gasteiger partial charge in [0.05, 0.1) is 0 Å². The fraction of sp³-hybridized carbons (Fsp3) is 0.286. The molecule has 3 aromatic rings. The molecule has 2 aromatic heterocycles. The lowest BCUT2D eigenvalue weighted by Gasteiger charge is -2.37. The van der Waals surface area contributed by atoms with Crippen LogP contribution in [0.25, 0.3) is 10.8 Å². The van der Waals surface area contributed by atoms with E-state index in [2.05, 4.69) is 57.1 Å². The Morgan fingerprint density at radius 2 is 1.86 bits per heavy atom. The monoisotopic (exact) mass is 500 g/mol. The maximum absolute atomic E-state index is 13.1. The molecule has 3 heterocycles. The smallest absolute Gasteiger partial charge is 0.257 e. The summed E-state index contributed by atoms with van der Waals surface area (Å²) in [7, 11) is 0. The topological polar surface area (TPSA) is 73.7 Å². The lowest BCUT2D eigenvalue weighted by atomic mass is 10.1. The molecule has 1 aliphatic heterocycles. The van der Waals surface area contributed by atoms with E-state index in [9.17, 15) is 4.79 Å². The van der Waals surface area contributed by atoms with Crippen molar-refractivity contribution in [2.24, 2.45) is 4.99 Å². The number of hydrogen-bond donors (Lipinski definition) is 1. The van der Waals surface area contributed by atoms with Crippen LogP contribution in [-0.2, 0) is 0 Å². The minimum absolute atomic E-state index is 0.214. The van der Waals surface area contributed by atoms with Crippen LogP contribution in [0.4, 0.5) is 11.6 Å².